The molecule has 1 amide bonds. The van der Waals surface area contributed by atoms with Crippen molar-refractivity contribution in [2.24, 2.45) is 0 Å². The van der Waals surface area contributed by atoms with Gasteiger partial charge in [0.15, 0.2) is 5.78 Å². The molecule has 3 nitrogen and oxygen atoms in total. The molecule has 0 aliphatic heterocycles. The number of carbonyl (C=O) groups is 2. The molecule has 106 valence electrons. The average molecular weight is 271 g/mol. The molecule has 0 saturated carbocycles. The van der Waals surface area contributed by atoms with Crippen molar-refractivity contribution in [2.75, 3.05) is 6.54 Å². The molecule has 1 aliphatic rings. The van der Waals surface area contributed by atoms with Crippen LogP contribution in [0.15, 0.2) is 29.8 Å². The Morgan fingerprint density at radius 1 is 1.10 bits per heavy atom. The second-order valence-electron chi connectivity index (χ2n) is 5.09. The Bertz CT molecular complexity index is 558. The van der Waals surface area contributed by atoms with Crippen molar-refractivity contribution < 1.29 is 9.59 Å². The van der Waals surface area contributed by atoms with Crippen LogP contribution in [0.1, 0.15) is 55.5 Å². The molecule has 0 radical (unpaired) electrons. The van der Waals surface area contributed by atoms with Gasteiger partial charge in [0, 0.05) is 12.1 Å². The van der Waals surface area contributed by atoms with Crippen LogP contribution in [0.5, 0.6) is 0 Å². The average Bonchev–Trinajstić information content (AvgIpc) is 2.76. The summed E-state index contributed by atoms with van der Waals surface area (Å²) in [6.45, 7) is 4.71. The summed E-state index contributed by atoms with van der Waals surface area (Å²) in [7, 11) is 0. The summed E-state index contributed by atoms with van der Waals surface area (Å²) in [4.78, 5) is 24.7. The van der Waals surface area contributed by atoms with Crippen molar-refractivity contribution in [1.29, 1.82) is 0 Å². The number of hydrogen-bond acceptors (Lipinski definition) is 2. The predicted molar refractivity (Wildman–Crippen MR) is 80.5 cm³/mol. The quantitative estimate of drug-likeness (QED) is 0.806. The van der Waals surface area contributed by atoms with E-state index in [1.54, 1.807) is 0 Å². The van der Waals surface area contributed by atoms with Gasteiger partial charge >= 0.3 is 0 Å². The second-order valence-corrected chi connectivity index (χ2v) is 5.09. The molecular weight excluding hydrogens is 250 g/mol. The maximum absolute atomic E-state index is 12.5. The van der Waals surface area contributed by atoms with Crippen LogP contribution >= 0.6 is 0 Å². The molecule has 0 spiro atoms. The van der Waals surface area contributed by atoms with Crippen molar-refractivity contribution in [3.8, 4) is 0 Å². The molecule has 2 rings (SSSR count). The summed E-state index contributed by atoms with van der Waals surface area (Å²) < 4.78 is 0. The lowest BCUT2D eigenvalue weighted by Crippen LogP contribution is -2.28. The monoisotopic (exact) mass is 271 g/mol. The van der Waals surface area contributed by atoms with Gasteiger partial charge in [-0.05, 0) is 30.4 Å². The third-order valence-electron chi connectivity index (χ3n) is 3.57. The van der Waals surface area contributed by atoms with Crippen LogP contribution in [0.25, 0.3) is 5.57 Å². The van der Waals surface area contributed by atoms with Gasteiger partial charge in [0.2, 0.25) is 0 Å². The maximum atomic E-state index is 12.5. The molecule has 0 bridgehead atoms. The second kappa shape index (κ2) is 6.51. The van der Waals surface area contributed by atoms with E-state index in [9.17, 15) is 9.59 Å². The molecule has 0 unspecified atom stereocenters. The van der Waals surface area contributed by atoms with E-state index in [4.69, 9.17) is 0 Å². The number of allylic oxidation sites excluding steroid dienone is 1. The zero-order chi connectivity index (χ0) is 14.5. The van der Waals surface area contributed by atoms with Crippen molar-refractivity contribution in [3.05, 3.63) is 41.0 Å². The Morgan fingerprint density at radius 2 is 1.80 bits per heavy atom. The van der Waals surface area contributed by atoms with Crippen LogP contribution in [0, 0.1) is 0 Å². The van der Waals surface area contributed by atoms with Crippen molar-refractivity contribution in [3.63, 3.8) is 0 Å². The minimum Gasteiger partial charge on any atom is -0.352 e. The van der Waals surface area contributed by atoms with Gasteiger partial charge < -0.3 is 5.32 Å². The Morgan fingerprint density at radius 3 is 2.45 bits per heavy atom. The first-order valence-corrected chi connectivity index (χ1v) is 7.36. The van der Waals surface area contributed by atoms with Crippen molar-refractivity contribution in [2.45, 2.75) is 39.5 Å². The molecule has 0 heterocycles. The minimum absolute atomic E-state index is 0.125. The fourth-order valence-electron chi connectivity index (χ4n) is 2.53. The molecule has 0 atom stereocenters. The lowest BCUT2D eigenvalue weighted by Gasteiger charge is -2.07. The Kier molecular flexibility index (Phi) is 4.72. The van der Waals surface area contributed by atoms with Crippen LogP contribution in [-0.4, -0.2) is 18.2 Å². The molecule has 0 aromatic heterocycles. The van der Waals surface area contributed by atoms with E-state index in [1.165, 1.54) is 0 Å². The maximum Gasteiger partial charge on any atom is 0.255 e. The number of unbranched alkanes of at least 4 members (excludes halogenated alkanes) is 1. The summed E-state index contributed by atoms with van der Waals surface area (Å²) in [5.41, 5.74) is 2.88. The van der Waals surface area contributed by atoms with Crippen LogP contribution < -0.4 is 5.32 Å². The number of ketones is 1. The fraction of sp³-hybridized carbons (Fsp3) is 0.412. The normalized spacial score (nSPS) is 13.6. The third-order valence-corrected chi connectivity index (χ3v) is 3.57. The number of Topliss-reactive ketones (excluding diaryl/α,β-unsaturated/α-hetero) is 1. The first kappa shape index (κ1) is 14.5. The molecule has 1 aromatic rings. The number of benzene rings is 1. The van der Waals surface area contributed by atoms with Crippen LogP contribution in [0.2, 0.25) is 0 Å². The highest BCUT2D eigenvalue weighted by molar-refractivity contribution is 6.34. The number of amides is 1. The standard InChI is InChI=1S/C17H21NO2/c1-3-5-8-13-12-9-6-7-10-14(12)16(19)15(13)17(20)18-11-4-2/h6-7,9-10H,3-5,8,11H2,1-2H3,(H,18,20). The summed E-state index contributed by atoms with van der Waals surface area (Å²) in [6, 6.07) is 7.52. The van der Waals surface area contributed by atoms with Gasteiger partial charge in [-0.2, -0.15) is 0 Å². The van der Waals surface area contributed by atoms with Crippen LogP contribution in [0.3, 0.4) is 0 Å². The van der Waals surface area contributed by atoms with E-state index < -0.39 is 0 Å². The SMILES string of the molecule is CCCCC1=C(C(=O)NCCC)C(=O)c2ccccc21. The Balaban J connectivity index is 2.38. The molecule has 0 saturated heterocycles. The summed E-state index contributed by atoms with van der Waals surface area (Å²) >= 11 is 0. The summed E-state index contributed by atoms with van der Waals surface area (Å²) in [5.74, 6) is -0.348. The zero-order valence-electron chi connectivity index (χ0n) is 12.2. The van der Waals surface area contributed by atoms with Gasteiger partial charge in [0.25, 0.3) is 5.91 Å². The van der Waals surface area contributed by atoms with Gasteiger partial charge in [-0.15, -0.1) is 0 Å². The largest absolute Gasteiger partial charge is 0.352 e. The third kappa shape index (κ3) is 2.67. The zero-order valence-corrected chi connectivity index (χ0v) is 12.2. The number of rotatable bonds is 6. The highest BCUT2D eigenvalue weighted by Crippen LogP contribution is 2.36. The fourth-order valence-corrected chi connectivity index (χ4v) is 2.53. The van der Waals surface area contributed by atoms with Gasteiger partial charge in [-0.1, -0.05) is 44.5 Å². The van der Waals surface area contributed by atoms with Gasteiger partial charge in [-0.25, -0.2) is 0 Å². The van der Waals surface area contributed by atoms with E-state index in [1.807, 2.05) is 31.2 Å². The van der Waals surface area contributed by atoms with E-state index >= 15 is 0 Å². The Hall–Kier alpha value is -1.90. The number of fused-ring (bicyclic) bond motifs is 1. The molecule has 3 heteroatoms. The van der Waals surface area contributed by atoms with E-state index in [0.29, 0.717) is 17.7 Å². The van der Waals surface area contributed by atoms with Crippen LogP contribution in [-0.2, 0) is 4.79 Å². The smallest absolute Gasteiger partial charge is 0.255 e. The number of hydrogen-bond donors (Lipinski definition) is 1. The summed E-state index contributed by atoms with van der Waals surface area (Å²) in [6.07, 6.45) is 3.68. The minimum atomic E-state index is -0.223. The predicted octanol–water partition coefficient (Wildman–Crippen LogP) is 3.35. The molecule has 1 N–H and O–H groups in total. The molecule has 20 heavy (non-hydrogen) atoms. The summed E-state index contributed by atoms with van der Waals surface area (Å²) in [5, 5.41) is 2.83. The van der Waals surface area contributed by atoms with E-state index in [2.05, 4.69) is 12.2 Å². The number of carbonyl (C=O) groups excluding carboxylic acids is 2. The van der Waals surface area contributed by atoms with Crippen molar-refractivity contribution in [1.82, 2.24) is 5.32 Å². The topological polar surface area (TPSA) is 46.2 Å². The molecular formula is C17H21NO2. The molecule has 1 aliphatic carbocycles. The van der Waals surface area contributed by atoms with Gasteiger partial charge in [0.05, 0.1) is 5.57 Å². The van der Waals surface area contributed by atoms with E-state index in [0.717, 1.165) is 36.8 Å². The highest BCUT2D eigenvalue weighted by Gasteiger charge is 2.32. The first-order chi connectivity index (χ1) is 9.70. The van der Waals surface area contributed by atoms with E-state index in [-0.39, 0.29) is 11.7 Å². The van der Waals surface area contributed by atoms with Gasteiger partial charge in [0.1, 0.15) is 0 Å². The molecule has 0 fully saturated rings. The lowest BCUT2D eigenvalue weighted by molar-refractivity contribution is -0.117. The first-order valence-electron chi connectivity index (χ1n) is 7.36. The number of nitrogens with one attached hydrogen (secondary N) is 1. The Labute approximate surface area is 120 Å². The van der Waals surface area contributed by atoms with Crippen molar-refractivity contribution >= 4 is 17.3 Å². The van der Waals surface area contributed by atoms with Gasteiger partial charge in [-0.3, -0.25) is 9.59 Å². The highest BCUT2D eigenvalue weighted by atomic mass is 16.2. The van der Waals surface area contributed by atoms with Crippen LogP contribution in [0.4, 0.5) is 0 Å². The molecule has 1 aromatic carbocycles. The lowest BCUT2D eigenvalue weighted by atomic mass is 10.00.